The maximum absolute atomic E-state index is 14.3. The number of hydrogen-bond acceptors (Lipinski definition) is 7. The molecule has 12 heteroatoms. The van der Waals surface area contributed by atoms with Gasteiger partial charge in [-0.1, -0.05) is 19.3 Å². The summed E-state index contributed by atoms with van der Waals surface area (Å²) in [6.45, 7) is 3.31. The third-order valence-electron chi connectivity index (χ3n) is 6.79. The molecular formula is C26H34F3N5O3S. The van der Waals surface area contributed by atoms with Crippen LogP contribution in [-0.4, -0.2) is 69.2 Å². The number of pyridine rings is 1. The summed E-state index contributed by atoms with van der Waals surface area (Å²) in [7, 11) is 0. The molecule has 2 fully saturated rings. The number of likely N-dealkylation sites (tertiary alicyclic amines) is 1. The second-order valence-electron chi connectivity index (χ2n) is 10.6. The van der Waals surface area contributed by atoms with Gasteiger partial charge in [-0.15, -0.1) is 11.3 Å². The number of hydrogen-bond donors (Lipinski definition) is 3. The van der Waals surface area contributed by atoms with Crippen LogP contribution in [0.1, 0.15) is 91.1 Å². The molecule has 4 rings (SSSR count). The van der Waals surface area contributed by atoms with Crippen molar-refractivity contribution in [1.29, 1.82) is 0 Å². The maximum atomic E-state index is 14.3. The van der Waals surface area contributed by atoms with Gasteiger partial charge in [0.2, 0.25) is 0 Å². The van der Waals surface area contributed by atoms with Crippen molar-refractivity contribution in [2.24, 2.45) is 0 Å². The SMILES string of the molecule is CC(C)(O)CNC(=O)c1nc(C(=O)N2CCC(F)CC2)c(-c2cnc(NC3CCCCC3)cc2C(F)F)s1. The molecule has 2 amide bonds. The highest BCUT2D eigenvalue weighted by molar-refractivity contribution is 7.17. The van der Waals surface area contributed by atoms with Crippen LogP contribution in [0.25, 0.3) is 10.4 Å². The second-order valence-corrected chi connectivity index (χ2v) is 11.6. The van der Waals surface area contributed by atoms with Crippen LogP contribution < -0.4 is 10.6 Å². The fourth-order valence-electron chi connectivity index (χ4n) is 4.69. The predicted molar refractivity (Wildman–Crippen MR) is 139 cm³/mol. The quantitative estimate of drug-likeness (QED) is 0.427. The first-order chi connectivity index (χ1) is 18.0. The van der Waals surface area contributed by atoms with E-state index in [2.05, 4.69) is 20.6 Å². The van der Waals surface area contributed by atoms with E-state index >= 15 is 0 Å². The first-order valence-corrected chi connectivity index (χ1v) is 13.8. The Labute approximate surface area is 224 Å². The summed E-state index contributed by atoms with van der Waals surface area (Å²) in [6, 6.07) is 1.46. The standard InChI is InChI=1S/C26H34F3N5O3S/c1-26(2,37)14-31-23(35)24-33-20(25(36)34-10-8-15(27)9-11-34)21(38-24)18-13-30-19(12-17(18)22(28)29)32-16-6-4-3-5-7-16/h12-13,15-16,22,37H,3-11,14H2,1-2H3,(H,30,32)(H,31,35). The van der Waals surface area contributed by atoms with Gasteiger partial charge >= 0.3 is 0 Å². The zero-order valence-corrected chi connectivity index (χ0v) is 22.4. The molecule has 0 unspecified atom stereocenters. The van der Waals surface area contributed by atoms with Crippen molar-refractivity contribution in [3.63, 3.8) is 0 Å². The molecule has 2 aliphatic rings. The van der Waals surface area contributed by atoms with Crippen molar-refractivity contribution in [1.82, 2.24) is 20.2 Å². The summed E-state index contributed by atoms with van der Waals surface area (Å²) in [5, 5.41) is 15.7. The average Bonchev–Trinajstić information content (AvgIpc) is 3.33. The smallest absolute Gasteiger partial charge is 0.280 e. The van der Waals surface area contributed by atoms with E-state index < -0.39 is 30.0 Å². The number of rotatable bonds is 8. The summed E-state index contributed by atoms with van der Waals surface area (Å²) in [5.41, 5.74) is -1.62. The molecule has 0 aromatic carbocycles. The Hall–Kier alpha value is -2.73. The van der Waals surface area contributed by atoms with Crippen molar-refractivity contribution < 1.29 is 27.9 Å². The molecule has 1 aliphatic heterocycles. The summed E-state index contributed by atoms with van der Waals surface area (Å²) >= 11 is 0.817. The highest BCUT2D eigenvalue weighted by Gasteiger charge is 2.31. The number of nitrogens with one attached hydrogen (secondary N) is 2. The number of piperidine rings is 1. The lowest BCUT2D eigenvalue weighted by atomic mass is 9.95. The number of aromatic nitrogens is 2. The Kier molecular flexibility index (Phi) is 8.92. The van der Waals surface area contributed by atoms with Crippen LogP contribution in [0, 0.1) is 0 Å². The number of carbonyl (C=O) groups excluding carboxylic acids is 2. The zero-order valence-electron chi connectivity index (χ0n) is 21.6. The van der Waals surface area contributed by atoms with Crippen LogP contribution in [0.4, 0.5) is 19.0 Å². The largest absolute Gasteiger partial charge is 0.389 e. The zero-order chi connectivity index (χ0) is 27.4. The Bertz CT molecular complexity index is 1140. The second kappa shape index (κ2) is 12.0. The van der Waals surface area contributed by atoms with E-state index in [-0.39, 0.29) is 65.2 Å². The molecule has 0 radical (unpaired) electrons. The number of alkyl halides is 3. The highest BCUT2D eigenvalue weighted by Crippen LogP contribution is 2.38. The van der Waals surface area contributed by atoms with Gasteiger partial charge in [-0.2, -0.15) is 0 Å². The Balaban J connectivity index is 1.69. The Morgan fingerprint density at radius 1 is 1.18 bits per heavy atom. The van der Waals surface area contributed by atoms with E-state index in [4.69, 9.17) is 0 Å². The molecule has 0 atom stereocenters. The van der Waals surface area contributed by atoms with Crippen LogP contribution in [0.15, 0.2) is 12.3 Å². The van der Waals surface area contributed by atoms with Crippen LogP contribution >= 0.6 is 11.3 Å². The number of halogens is 3. The third kappa shape index (κ3) is 7.02. The lowest BCUT2D eigenvalue weighted by molar-refractivity contribution is 0.0660. The maximum Gasteiger partial charge on any atom is 0.280 e. The first-order valence-electron chi connectivity index (χ1n) is 13.0. The lowest BCUT2D eigenvalue weighted by Gasteiger charge is -2.28. The fraction of sp³-hybridized carbons (Fsp3) is 0.615. The van der Waals surface area contributed by atoms with Gasteiger partial charge in [0.05, 0.1) is 10.5 Å². The van der Waals surface area contributed by atoms with Crippen molar-refractivity contribution in [2.75, 3.05) is 25.0 Å². The molecule has 2 aromatic rings. The molecular weight excluding hydrogens is 519 g/mol. The van der Waals surface area contributed by atoms with E-state index in [0.29, 0.717) is 5.82 Å². The monoisotopic (exact) mass is 553 g/mol. The van der Waals surface area contributed by atoms with Gasteiger partial charge in [0.15, 0.2) is 5.01 Å². The third-order valence-corrected chi connectivity index (χ3v) is 7.88. The minimum atomic E-state index is -2.86. The van der Waals surface area contributed by atoms with Gasteiger partial charge in [0, 0.05) is 43.0 Å². The van der Waals surface area contributed by atoms with Crippen molar-refractivity contribution in [3.05, 3.63) is 28.5 Å². The normalized spacial score (nSPS) is 17.6. The van der Waals surface area contributed by atoms with Crippen molar-refractivity contribution in [3.8, 4) is 10.4 Å². The number of nitrogens with zero attached hydrogens (tertiary/aromatic N) is 3. The minimum absolute atomic E-state index is 0.0250. The van der Waals surface area contributed by atoms with E-state index in [0.717, 1.165) is 43.4 Å². The van der Waals surface area contributed by atoms with Gasteiger partial charge < -0.3 is 20.6 Å². The molecule has 2 aromatic heterocycles. The van der Waals surface area contributed by atoms with Crippen molar-refractivity contribution >= 4 is 29.0 Å². The number of aliphatic hydroxyl groups is 1. The number of thiazole rings is 1. The van der Waals surface area contributed by atoms with Gasteiger partial charge in [-0.05, 0) is 45.6 Å². The van der Waals surface area contributed by atoms with Crippen LogP contribution in [-0.2, 0) is 0 Å². The Morgan fingerprint density at radius 3 is 2.50 bits per heavy atom. The van der Waals surface area contributed by atoms with E-state index in [1.54, 1.807) is 0 Å². The predicted octanol–water partition coefficient (Wildman–Crippen LogP) is 4.96. The summed E-state index contributed by atoms with van der Waals surface area (Å²) in [6.07, 6.45) is 2.97. The Morgan fingerprint density at radius 2 is 1.87 bits per heavy atom. The van der Waals surface area contributed by atoms with Crippen LogP contribution in [0.3, 0.4) is 0 Å². The van der Waals surface area contributed by atoms with E-state index in [1.807, 2.05) is 0 Å². The van der Waals surface area contributed by atoms with Gasteiger partial charge in [0.1, 0.15) is 17.7 Å². The molecule has 208 valence electrons. The molecule has 0 spiro atoms. The summed E-state index contributed by atoms with van der Waals surface area (Å²) in [4.78, 5) is 36.4. The molecule has 1 aliphatic carbocycles. The molecule has 3 N–H and O–H groups in total. The first kappa shape index (κ1) is 28.3. The van der Waals surface area contributed by atoms with Crippen LogP contribution in [0.2, 0.25) is 0 Å². The van der Waals surface area contributed by atoms with E-state index in [1.165, 1.54) is 31.0 Å². The van der Waals surface area contributed by atoms with Crippen molar-refractivity contribution in [2.45, 2.75) is 83.0 Å². The molecule has 8 nitrogen and oxygen atoms in total. The fourth-order valence-corrected chi connectivity index (χ4v) is 5.70. The molecule has 0 bridgehead atoms. The highest BCUT2D eigenvalue weighted by atomic mass is 32.1. The van der Waals surface area contributed by atoms with Gasteiger partial charge in [-0.25, -0.2) is 23.1 Å². The average molecular weight is 554 g/mol. The molecule has 1 saturated heterocycles. The van der Waals surface area contributed by atoms with E-state index in [9.17, 15) is 27.9 Å². The molecule has 38 heavy (non-hydrogen) atoms. The number of carbonyl (C=O) groups is 2. The van der Waals surface area contributed by atoms with Gasteiger partial charge in [0.25, 0.3) is 18.2 Å². The molecule has 1 saturated carbocycles. The summed E-state index contributed by atoms with van der Waals surface area (Å²) in [5.74, 6) is -0.849. The van der Waals surface area contributed by atoms with Crippen LogP contribution in [0.5, 0.6) is 0 Å². The summed E-state index contributed by atoms with van der Waals surface area (Å²) < 4.78 is 42.3. The topological polar surface area (TPSA) is 107 Å². The molecule has 3 heterocycles. The number of amides is 2. The van der Waals surface area contributed by atoms with Gasteiger partial charge in [-0.3, -0.25) is 9.59 Å². The minimum Gasteiger partial charge on any atom is -0.389 e. The lowest BCUT2D eigenvalue weighted by Crippen LogP contribution is -2.39. The number of anilines is 1.